The van der Waals surface area contributed by atoms with Gasteiger partial charge in [-0.2, -0.15) is 0 Å². The van der Waals surface area contributed by atoms with Crippen molar-refractivity contribution < 1.29 is 0 Å². The lowest BCUT2D eigenvalue weighted by molar-refractivity contribution is 0.207. The van der Waals surface area contributed by atoms with Crippen LogP contribution in [-0.4, -0.2) is 18.6 Å². The molecular weight excluding hydrogens is 160 g/mol. The van der Waals surface area contributed by atoms with Crippen LogP contribution in [0.4, 0.5) is 0 Å². The van der Waals surface area contributed by atoms with E-state index >= 15 is 0 Å². The summed E-state index contributed by atoms with van der Waals surface area (Å²) in [4.78, 5) is 0. The number of hydrogen-bond donors (Lipinski definition) is 2. The molecule has 3 atom stereocenters. The van der Waals surface area contributed by atoms with Gasteiger partial charge < -0.3 is 11.1 Å². The van der Waals surface area contributed by atoms with Crippen LogP contribution in [-0.2, 0) is 0 Å². The van der Waals surface area contributed by atoms with Crippen LogP contribution >= 0.6 is 0 Å². The summed E-state index contributed by atoms with van der Waals surface area (Å²) in [6.07, 6.45) is 9.49. The Hall–Kier alpha value is -0.0800. The lowest BCUT2D eigenvalue weighted by atomic mass is 9.78. The summed E-state index contributed by atoms with van der Waals surface area (Å²) in [5.41, 5.74) is 6.17. The Balaban J connectivity index is 1.88. The van der Waals surface area contributed by atoms with Crippen molar-refractivity contribution in [1.29, 1.82) is 0 Å². The van der Waals surface area contributed by atoms with E-state index < -0.39 is 0 Å². The third-order valence-electron chi connectivity index (χ3n) is 3.74. The van der Waals surface area contributed by atoms with E-state index in [9.17, 15) is 0 Å². The predicted octanol–water partition coefficient (Wildman–Crippen LogP) is 1.65. The van der Waals surface area contributed by atoms with E-state index in [0.717, 1.165) is 12.0 Å². The molecule has 2 heteroatoms. The molecule has 2 rings (SSSR count). The summed E-state index contributed by atoms with van der Waals surface area (Å²) < 4.78 is 0. The third-order valence-corrected chi connectivity index (χ3v) is 3.74. The van der Waals surface area contributed by atoms with Gasteiger partial charge in [-0.1, -0.05) is 19.3 Å². The minimum atomic E-state index is 0.476. The molecule has 1 aliphatic carbocycles. The molecular formula is C11H22N2. The van der Waals surface area contributed by atoms with Crippen molar-refractivity contribution in [2.75, 3.05) is 6.54 Å². The highest BCUT2D eigenvalue weighted by Crippen LogP contribution is 2.28. The van der Waals surface area contributed by atoms with Gasteiger partial charge in [0, 0.05) is 12.1 Å². The highest BCUT2D eigenvalue weighted by Gasteiger charge is 2.29. The van der Waals surface area contributed by atoms with Gasteiger partial charge in [0.2, 0.25) is 0 Å². The van der Waals surface area contributed by atoms with Gasteiger partial charge >= 0.3 is 0 Å². The molecule has 3 N–H and O–H groups in total. The number of nitrogens with one attached hydrogen (secondary N) is 1. The van der Waals surface area contributed by atoms with Gasteiger partial charge in [0.25, 0.3) is 0 Å². The molecule has 1 saturated carbocycles. The lowest BCUT2D eigenvalue weighted by Crippen LogP contribution is -2.48. The molecule has 0 aromatic heterocycles. The normalized spacial score (nSPS) is 41.8. The van der Waals surface area contributed by atoms with Gasteiger partial charge in [-0.3, -0.25) is 0 Å². The van der Waals surface area contributed by atoms with Crippen LogP contribution in [0.3, 0.4) is 0 Å². The fraction of sp³-hybridized carbons (Fsp3) is 1.00. The van der Waals surface area contributed by atoms with Crippen molar-refractivity contribution in [2.45, 2.75) is 57.0 Å². The zero-order chi connectivity index (χ0) is 9.10. The largest absolute Gasteiger partial charge is 0.327 e. The Kier molecular flexibility index (Phi) is 3.23. The van der Waals surface area contributed by atoms with E-state index in [1.807, 2.05) is 0 Å². The van der Waals surface area contributed by atoms with Crippen LogP contribution < -0.4 is 11.1 Å². The Bertz CT molecular complexity index is 152. The smallest absolute Gasteiger partial charge is 0.0110 e. The van der Waals surface area contributed by atoms with E-state index in [1.165, 1.54) is 51.5 Å². The third kappa shape index (κ3) is 2.23. The number of piperidine rings is 1. The van der Waals surface area contributed by atoms with Gasteiger partial charge in [0.15, 0.2) is 0 Å². The molecule has 1 heterocycles. The fourth-order valence-corrected chi connectivity index (χ4v) is 2.93. The maximum Gasteiger partial charge on any atom is 0.0110 e. The molecule has 2 aliphatic rings. The Morgan fingerprint density at radius 3 is 2.38 bits per heavy atom. The van der Waals surface area contributed by atoms with Crippen LogP contribution in [0.2, 0.25) is 0 Å². The van der Waals surface area contributed by atoms with Gasteiger partial charge in [-0.05, 0) is 38.1 Å². The molecule has 0 amide bonds. The summed E-state index contributed by atoms with van der Waals surface area (Å²) in [7, 11) is 0. The van der Waals surface area contributed by atoms with Gasteiger partial charge in [-0.15, -0.1) is 0 Å². The Labute approximate surface area is 81.3 Å². The molecule has 0 bridgehead atoms. The van der Waals surface area contributed by atoms with Gasteiger partial charge in [-0.25, -0.2) is 0 Å². The molecule has 1 saturated heterocycles. The lowest BCUT2D eigenvalue weighted by Gasteiger charge is -2.37. The molecule has 0 radical (unpaired) electrons. The van der Waals surface area contributed by atoms with Crippen LogP contribution in [0.25, 0.3) is 0 Å². The first-order valence-electron chi connectivity index (χ1n) is 5.87. The van der Waals surface area contributed by atoms with Crippen molar-refractivity contribution in [3.63, 3.8) is 0 Å². The quantitative estimate of drug-likeness (QED) is 0.647. The summed E-state index contributed by atoms with van der Waals surface area (Å²) >= 11 is 0. The number of hydrogen-bond acceptors (Lipinski definition) is 2. The van der Waals surface area contributed by atoms with Crippen LogP contribution in [0, 0.1) is 5.92 Å². The summed E-state index contributed by atoms with van der Waals surface area (Å²) in [6, 6.07) is 1.22. The predicted molar refractivity (Wildman–Crippen MR) is 55.6 cm³/mol. The minimum Gasteiger partial charge on any atom is -0.327 e. The molecule has 13 heavy (non-hydrogen) atoms. The van der Waals surface area contributed by atoms with E-state index in [0.29, 0.717) is 6.04 Å². The second-order valence-corrected chi connectivity index (χ2v) is 4.67. The summed E-state index contributed by atoms with van der Waals surface area (Å²) in [5, 5.41) is 3.64. The van der Waals surface area contributed by atoms with Crippen LogP contribution in [0.1, 0.15) is 44.9 Å². The minimum absolute atomic E-state index is 0.476. The molecule has 0 aromatic carbocycles. The second kappa shape index (κ2) is 4.43. The molecule has 0 spiro atoms. The average molecular weight is 182 g/mol. The number of rotatable bonds is 1. The topological polar surface area (TPSA) is 38.0 Å². The maximum absolute atomic E-state index is 6.17. The van der Waals surface area contributed by atoms with E-state index in [2.05, 4.69) is 5.32 Å². The van der Waals surface area contributed by atoms with Gasteiger partial charge in [0.1, 0.15) is 0 Å². The van der Waals surface area contributed by atoms with Crippen molar-refractivity contribution in [3.8, 4) is 0 Å². The first kappa shape index (κ1) is 9.47. The number of nitrogens with two attached hydrogens (primary N) is 1. The van der Waals surface area contributed by atoms with Crippen molar-refractivity contribution in [1.82, 2.24) is 5.32 Å². The van der Waals surface area contributed by atoms with Crippen LogP contribution in [0.5, 0.6) is 0 Å². The first-order valence-corrected chi connectivity index (χ1v) is 5.87. The van der Waals surface area contributed by atoms with Crippen molar-refractivity contribution in [2.24, 2.45) is 11.7 Å². The van der Waals surface area contributed by atoms with Gasteiger partial charge in [0.05, 0.1) is 0 Å². The second-order valence-electron chi connectivity index (χ2n) is 4.67. The zero-order valence-corrected chi connectivity index (χ0v) is 8.47. The van der Waals surface area contributed by atoms with E-state index in [4.69, 9.17) is 5.73 Å². The Morgan fingerprint density at radius 2 is 1.69 bits per heavy atom. The SMILES string of the molecule is NC1CCCCC1C1CCCCN1. The first-order chi connectivity index (χ1) is 6.38. The van der Waals surface area contributed by atoms with E-state index in [1.54, 1.807) is 0 Å². The molecule has 0 aromatic rings. The molecule has 76 valence electrons. The standard InChI is InChI=1S/C11H22N2/c12-10-6-2-1-5-9(10)11-7-3-4-8-13-11/h9-11,13H,1-8,12H2. The molecule has 2 nitrogen and oxygen atoms in total. The maximum atomic E-state index is 6.17. The van der Waals surface area contributed by atoms with E-state index in [-0.39, 0.29) is 0 Å². The average Bonchev–Trinajstić information content (AvgIpc) is 2.20. The van der Waals surface area contributed by atoms with Crippen molar-refractivity contribution >= 4 is 0 Å². The molecule has 1 aliphatic heterocycles. The monoisotopic (exact) mass is 182 g/mol. The summed E-state index contributed by atoms with van der Waals surface area (Å²) in [6.45, 7) is 1.22. The highest BCUT2D eigenvalue weighted by molar-refractivity contribution is 4.88. The summed E-state index contributed by atoms with van der Waals surface area (Å²) in [5.74, 6) is 0.772. The fourth-order valence-electron chi connectivity index (χ4n) is 2.93. The zero-order valence-electron chi connectivity index (χ0n) is 8.47. The van der Waals surface area contributed by atoms with Crippen LogP contribution in [0.15, 0.2) is 0 Å². The molecule has 3 unspecified atom stereocenters. The molecule has 2 fully saturated rings. The Morgan fingerprint density at radius 1 is 0.923 bits per heavy atom. The van der Waals surface area contributed by atoms with Crippen molar-refractivity contribution in [3.05, 3.63) is 0 Å². The highest BCUT2D eigenvalue weighted by atomic mass is 14.9.